The molecule has 1 aromatic heterocycles. The normalized spacial score (nSPS) is 12.7. The van der Waals surface area contributed by atoms with Crippen molar-refractivity contribution in [3.8, 4) is 11.5 Å². The Balaban J connectivity index is 2.40. The highest BCUT2D eigenvalue weighted by molar-refractivity contribution is 9.09. The van der Waals surface area contributed by atoms with Crippen molar-refractivity contribution in [2.24, 2.45) is 0 Å². The highest BCUT2D eigenvalue weighted by Crippen LogP contribution is 2.29. The smallest absolute Gasteiger partial charge is 0.248 e. The number of nitrogens with zero attached hydrogens (tertiary/aromatic N) is 2. The van der Waals surface area contributed by atoms with Gasteiger partial charge in [-0.15, -0.1) is 10.2 Å². The van der Waals surface area contributed by atoms with Crippen LogP contribution >= 0.6 is 15.9 Å². The number of alkyl halides is 1. The van der Waals surface area contributed by atoms with Crippen LogP contribution < -0.4 is 0 Å². The molecule has 0 fully saturated rings. The molecule has 1 heterocycles. The molecular formula is C12H12BrFN2O. The van der Waals surface area contributed by atoms with Crippen LogP contribution in [0.15, 0.2) is 22.6 Å². The first kappa shape index (κ1) is 12.2. The highest BCUT2D eigenvalue weighted by Gasteiger charge is 2.16. The van der Waals surface area contributed by atoms with Gasteiger partial charge >= 0.3 is 0 Å². The summed E-state index contributed by atoms with van der Waals surface area (Å²) in [4.78, 5) is 0.0395. The molecule has 0 bridgehead atoms. The van der Waals surface area contributed by atoms with E-state index in [0.717, 1.165) is 12.0 Å². The molecule has 90 valence electrons. The Morgan fingerprint density at radius 2 is 2.18 bits per heavy atom. The maximum absolute atomic E-state index is 13.2. The summed E-state index contributed by atoms with van der Waals surface area (Å²) in [5.74, 6) is 0.567. The molecule has 0 spiro atoms. The Hall–Kier alpha value is -1.23. The van der Waals surface area contributed by atoms with Crippen LogP contribution in [0.1, 0.15) is 29.6 Å². The summed E-state index contributed by atoms with van der Waals surface area (Å²) in [6.45, 7) is 3.89. The van der Waals surface area contributed by atoms with Gasteiger partial charge in [0.1, 0.15) is 5.82 Å². The van der Waals surface area contributed by atoms with Crippen LogP contribution in [-0.2, 0) is 0 Å². The van der Waals surface area contributed by atoms with Gasteiger partial charge in [0, 0.05) is 5.56 Å². The van der Waals surface area contributed by atoms with Gasteiger partial charge in [-0.2, -0.15) is 0 Å². The molecule has 1 unspecified atom stereocenters. The van der Waals surface area contributed by atoms with Crippen molar-refractivity contribution in [2.75, 3.05) is 0 Å². The first-order valence-electron chi connectivity index (χ1n) is 5.35. The summed E-state index contributed by atoms with van der Waals surface area (Å²) < 4.78 is 18.7. The number of hydrogen-bond donors (Lipinski definition) is 0. The van der Waals surface area contributed by atoms with Gasteiger partial charge in [-0.3, -0.25) is 0 Å². The van der Waals surface area contributed by atoms with E-state index in [4.69, 9.17) is 4.42 Å². The van der Waals surface area contributed by atoms with Crippen molar-refractivity contribution in [3.05, 3.63) is 35.5 Å². The maximum Gasteiger partial charge on any atom is 0.248 e. The zero-order chi connectivity index (χ0) is 12.4. The van der Waals surface area contributed by atoms with Crippen LogP contribution in [0.5, 0.6) is 0 Å². The predicted octanol–water partition coefficient (Wildman–Crippen LogP) is 4.03. The molecular weight excluding hydrogens is 287 g/mol. The summed E-state index contributed by atoms with van der Waals surface area (Å²) in [6, 6.07) is 4.51. The van der Waals surface area contributed by atoms with E-state index in [1.54, 1.807) is 6.07 Å². The minimum absolute atomic E-state index is 0.0395. The van der Waals surface area contributed by atoms with Crippen LogP contribution in [0.3, 0.4) is 0 Å². The maximum atomic E-state index is 13.2. The minimum Gasteiger partial charge on any atom is -0.419 e. The standard InChI is InChI=1S/C12H12BrFN2O/c1-3-10(13)12-16-15-11(17-12)9-6-8(14)5-4-7(9)2/h4-6,10H,3H2,1-2H3. The quantitative estimate of drug-likeness (QED) is 0.803. The molecule has 3 nitrogen and oxygen atoms in total. The zero-order valence-electron chi connectivity index (χ0n) is 9.58. The molecule has 17 heavy (non-hydrogen) atoms. The van der Waals surface area contributed by atoms with E-state index >= 15 is 0 Å². The van der Waals surface area contributed by atoms with E-state index in [2.05, 4.69) is 26.1 Å². The molecule has 1 aromatic carbocycles. The van der Waals surface area contributed by atoms with Crippen molar-refractivity contribution < 1.29 is 8.81 Å². The van der Waals surface area contributed by atoms with Gasteiger partial charge < -0.3 is 4.42 Å². The van der Waals surface area contributed by atoms with E-state index in [9.17, 15) is 4.39 Å². The second-order valence-electron chi connectivity index (χ2n) is 3.78. The lowest BCUT2D eigenvalue weighted by Crippen LogP contribution is -1.86. The second kappa shape index (κ2) is 4.96. The van der Waals surface area contributed by atoms with Crippen LogP contribution in [-0.4, -0.2) is 10.2 Å². The third kappa shape index (κ3) is 2.54. The van der Waals surface area contributed by atoms with Gasteiger partial charge in [-0.25, -0.2) is 4.39 Å². The topological polar surface area (TPSA) is 38.9 Å². The number of hydrogen-bond acceptors (Lipinski definition) is 3. The Morgan fingerprint density at radius 1 is 1.41 bits per heavy atom. The molecule has 0 radical (unpaired) electrons. The predicted molar refractivity (Wildman–Crippen MR) is 66.4 cm³/mol. The first-order chi connectivity index (χ1) is 8.11. The SMILES string of the molecule is CCC(Br)c1nnc(-c2cc(F)ccc2C)o1. The molecule has 0 saturated carbocycles. The van der Waals surface area contributed by atoms with E-state index in [0.29, 0.717) is 17.3 Å². The fourth-order valence-electron chi connectivity index (χ4n) is 1.47. The number of benzene rings is 1. The molecule has 0 aliphatic heterocycles. The highest BCUT2D eigenvalue weighted by atomic mass is 79.9. The van der Waals surface area contributed by atoms with Crippen LogP contribution in [0, 0.1) is 12.7 Å². The molecule has 1 atom stereocenters. The Bertz CT molecular complexity index is 527. The van der Waals surface area contributed by atoms with Gasteiger partial charge in [-0.1, -0.05) is 28.9 Å². The third-order valence-corrected chi connectivity index (χ3v) is 3.54. The first-order valence-corrected chi connectivity index (χ1v) is 6.27. The van der Waals surface area contributed by atoms with Crippen molar-refractivity contribution in [1.82, 2.24) is 10.2 Å². The zero-order valence-corrected chi connectivity index (χ0v) is 11.2. The fraction of sp³-hybridized carbons (Fsp3) is 0.333. The summed E-state index contributed by atoms with van der Waals surface area (Å²) in [5, 5.41) is 7.89. The van der Waals surface area contributed by atoms with Crippen molar-refractivity contribution in [2.45, 2.75) is 25.1 Å². The molecule has 5 heteroatoms. The molecule has 2 aromatic rings. The average molecular weight is 299 g/mol. The van der Waals surface area contributed by atoms with Gasteiger partial charge in [0.15, 0.2) is 0 Å². The van der Waals surface area contributed by atoms with Gasteiger partial charge in [0.2, 0.25) is 11.8 Å². The number of halogens is 2. The lowest BCUT2D eigenvalue weighted by atomic mass is 10.1. The van der Waals surface area contributed by atoms with Gasteiger partial charge in [0.25, 0.3) is 0 Å². The van der Waals surface area contributed by atoms with Crippen molar-refractivity contribution in [3.63, 3.8) is 0 Å². The molecule has 2 rings (SSSR count). The monoisotopic (exact) mass is 298 g/mol. The van der Waals surface area contributed by atoms with Gasteiger partial charge in [-0.05, 0) is 31.0 Å². The van der Waals surface area contributed by atoms with Crippen molar-refractivity contribution >= 4 is 15.9 Å². The van der Waals surface area contributed by atoms with E-state index in [1.165, 1.54) is 12.1 Å². The number of aryl methyl sites for hydroxylation is 1. The van der Waals surface area contributed by atoms with Gasteiger partial charge in [0.05, 0.1) is 4.83 Å². The largest absolute Gasteiger partial charge is 0.419 e. The average Bonchev–Trinajstić information content (AvgIpc) is 2.80. The Labute approximate surface area is 107 Å². The number of rotatable bonds is 3. The molecule has 0 aliphatic rings. The summed E-state index contributed by atoms with van der Waals surface area (Å²) in [6.07, 6.45) is 0.851. The van der Waals surface area contributed by atoms with Crippen LogP contribution in [0.4, 0.5) is 4.39 Å². The second-order valence-corrected chi connectivity index (χ2v) is 4.89. The lowest BCUT2D eigenvalue weighted by Gasteiger charge is -2.01. The molecule has 0 saturated heterocycles. The van der Waals surface area contributed by atoms with Crippen LogP contribution in [0.25, 0.3) is 11.5 Å². The van der Waals surface area contributed by atoms with Crippen LogP contribution in [0.2, 0.25) is 0 Å². The number of aromatic nitrogens is 2. The fourth-order valence-corrected chi connectivity index (χ4v) is 1.65. The molecule has 0 amide bonds. The van der Waals surface area contributed by atoms with Crippen molar-refractivity contribution in [1.29, 1.82) is 0 Å². The summed E-state index contributed by atoms with van der Waals surface area (Å²) >= 11 is 3.43. The lowest BCUT2D eigenvalue weighted by molar-refractivity contribution is 0.499. The molecule has 0 aliphatic carbocycles. The Morgan fingerprint density at radius 3 is 2.88 bits per heavy atom. The molecule has 0 N–H and O–H groups in total. The summed E-state index contributed by atoms with van der Waals surface area (Å²) in [5.41, 5.74) is 1.55. The Kier molecular flexibility index (Phi) is 3.57. The minimum atomic E-state index is -0.309. The van der Waals surface area contributed by atoms with E-state index in [1.807, 2.05) is 13.8 Å². The summed E-state index contributed by atoms with van der Waals surface area (Å²) in [7, 11) is 0. The van der Waals surface area contributed by atoms with E-state index in [-0.39, 0.29) is 10.6 Å². The third-order valence-electron chi connectivity index (χ3n) is 2.50. The van der Waals surface area contributed by atoms with E-state index < -0.39 is 0 Å².